The zero-order valence-electron chi connectivity index (χ0n) is 6.52. The van der Waals surface area contributed by atoms with Gasteiger partial charge >= 0.3 is 5.69 Å². The van der Waals surface area contributed by atoms with Crippen LogP contribution in [0.1, 0.15) is 0 Å². The minimum absolute atomic E-state index is 0.193. The Kier molecular flexibility index (Phi) is 0.930. The fourth-order valence-electron chi connectivity index (χ4n) is 1.61. The van der Waals surface area contributed by atoms with Gasteiger partial charge in [-0.1, -0.05) is 18.2 Å². The van der Waals surface area contributed by atoms with Gasteiger partial charge in [0.2, 0.25) is 0 Å². The highest BCUT2D eigenvalue weighted by molar-refractivity contribution is 6.14. The van der Waals surface area contributed by atoms with Gasteiger partial charge in [0.15, 0.2) is 5.69 Å². The molecule has 0 amide bonds. The topological polar surface area (TPSA) is 56.0 Å². The number of fused-ring (bicyclic) bond motifs is 3. The largest absolute Gasteiger partial charge is 0.306 e. The van der Waals surface area contributed by atoms with Gasteiger partial charge in [0.1, 0.15) is 0 Å². The Balaban J connectivity index is 2.37. The van der Waals surface area contributed by atoms with Gasteiger partial charge in [0.05, 0.1) is 16.0 Å². The first-order chi connectivity index (χ1) is 6.29. The molecule has 0 bridgehead atoms. The molecule has 2 aliphatic rings. The normalized spacial score (nSPS) is 11.7. The van der Waals surface area contributed by atoms with E-state index in [1.165, 1.54) is 0 Å². The summed E-state index contributed by atoms with van der Waals surface area (Å²) in [6.45, 7) is 0. The average Bonchev–Trinajstić information content (AvgIpc) is 2.71. The summed E-state index contributed by atoms with van der Waals surface area (Å²) in [5.74, 6) is 0. The van der Waals surface area contributed by atoms with Crippen molar-refractivity contribution >= 4 is 16.6 Å². The number of hydrogen-bond acceptors (Lipinski definition) is 3. The molecule has 0 fully saturated rings. The van der Waals surface area contributed by atoms with Crippen LogP contribution in [0.15, 0.2) is 24.3 Å². The van der Waals surface area contributed by atoms with E-state index in [1.54, 1.807) is 0 Å². The minimum atomic E-state index is -0.371. The first kappa shape index (κ1) is 6.54. The lowest BCUT2D eigenvalue weighted by Crippen LogP contribution is -1.79. The van der Waals surface area contributed by atoms with Crippen molar-refractivity contribution in [1.82, 2.24) is 4.98 Å². The molecule has 1 aromatic carbocycles. The van der Waals surface area contributed by atoms with Crippen LogP contribution in [0.4, 0.5) is 5.69 Å². The van der Waals surface area contributed by atoms with E-state index in [-0.39, 0.29) is 10.6 Å². The molecule has 0 atom stereocenters. The Hall–Kier alpha value is -1.97. The molecule has 0 spiro atoms. The molecular formula is C9H4N2O2. The second kappa shape index (κ2) is 1.85. The second-order valence-corrected chi connectivity index (χ2v) is 2.96. The average molecular weight is 172 g/mol. The molecule has 62 valence electrons. The smallest absolute Gasteiger partial charge is 0.258 e. The fraction of sp³-hybridized carbons (Fsp3) is 0. The lowest BCUT2D eigenvalue weighted by atomic mass is 10.2. The lowest BCUT2D eigenvalue weighted by molar-refractivity contribution is -0.379. The molecule has 3 rings (SSSR count). The van der Waals surface area contributed by atoms with Gasteiger partial charge in [-0.2, -0.15) is 0 Å². The van der Waals surface area contributed by atoms with Gasteiger partial charge < -0.3 is 0 Å². The van der Waals surface area contributed by atoms with Crippen LogP contribution in [0.25, 0.3) is 22.2 Å². The molecule has 0 N–H and O–H groups in total. The zero-order chi connectivity index (χ0) is 9.00. The third-order valence-electron chi connectivity index (χ3n) is 2.22. The van der Waals surface area contributed by atoms with Crippen LogP contribution < -0.4 is 0 Å². The standard InChI is InChI=1S/C9H4N2O2/c12-11(13)9-7-5-3-1-2-4-6(5)10-8(7)9/h1-4H. The van der Waals surface area contributed by atoms with E-state index in [0.717, 1.165) is 16.5 Å². The first-order valence-electron chi connectivity index (χ1n) is 3.86. The zero-order valence-corrected chi connectivity index (χ0v) is 6.52. The maximum Gasteiger partial charge on any atom is 0.306 e. The van der Waals surface area contributed by atoms with Crippen molar-refractivity contribution in [1.29, 1.82) is 0 Å². The summed E-state index contributed by atoms with van der Waals surface area (Å²) in [7, 11) is 0. The maximum atomic E-state index is 10.5. The van der Waals surface area contributed by atoms with Crippen LogP contribution in [0, 0.1) is 10.1 Å². The summed E-state index contributed by atoms with van der Waals surface area (Å²) < 4.78 is 0. The van der Waals surface area contributed by atoms with Crippen LogP contribution in [0.5, 0.6) is 0 Å². The van der Waals surface area contributed by atoms with E-state index >= 15 is 0 Å². The highest BCUT2D eigenvalue weighted by Crippen LogP contribution is 2.53. The van der Waals surface area contributed by atoms with Crippen LogP contribution >= 0.6 is 0 Å². The molecule has 1 aliphatic carbocycles. The van der Waals surface area contributed by atoms with E-state index in [0.29, 0.717) is 5.69 Å². The number of rotatable bonds is 1. The van der Waals surface area contributed by atoms with Crippen molar-refractivity contribution in [2.75, 3.05) is 0 Å². The van der Waals surface area contributed by atoms with Gasteiger partial charge in [-0.05, 0) is 6.07 Å². The second-order valence-electron chi connectivity index (χ2n) is 2.96. The molecule has 1 aliphatic heterocycles. The summed E-state index contributed by atoms with van der Waals surface area (Å²) in [6, 6.07) is 7.46. The third-order valence-corrected chi connectivity index (χ3v) is 2.22. The predicted octanol–water partition coefficient (Wildman–Crippen LogP) is 2.12. The van der Waals surface area contributed by atoms with E-state index in [9.17, 15) is 10.1 Å². The summed E-state index contributed by atoms with van der Waals surface area (Å²) >= 11 is 0. The Morgan fingerprint density at radius 3 is 2.85 bits per heavy atom. The number of pyridine rings is 1. The van der Waals surface area contributed by atoms with Gasteiger partial charge in [-0.3, -0.25) is 10.1 Å². The van der Waals surface area contributed by atoms with E-state index < -0.39 is 0 Å². The van der Waals surface area contributed by atoms with Crippen molar-refractivity contribution in [3.63, 3.8) is 0 Å². The number of nitro groups is 1. The number of aromatic nitrogens is 1. The van der Waals surface area contributed by atoms with Crippen molar-refractivity contribution in [2.45, 2.75) is 0 Å². The third kappa shape index (κ3) is 0.672. The van der Waals surface area contributed by atoms with Gasteiger partial charge in [0.25, 0.3) is 0 Å². The summed E-state index contributed by atoms with van der Waals surface area (Å²) in [6.07, 6.45) is 0. The Morgan fingerprint density at radius 2 is 2.08 bits per heavy atom. The van der Waals surface area contributed by atoms with Crippen molar-refractivity contribution < 1.29 is 4.92 Å². The van der Waals surface area contributed by atoms with Crippen LogP contribution in [0.3, 0.4) is 0 Å². The van der Waals surface area contributed by atoms with E-state index in [4.69, 9.17) is 0 Å². The molecule has 1 aromatic rings. The fourth-order valence-corrected chi connectivity index (χ4v) is 1.61. The van der Waals surface area contributed by atoms with Gasteiger partial charge in [-0.25, -0.2) is 4.98 Å². The highest BCUT2D eigenvalue weighted by Gasteiger charge is 2.41. The molecule has 1 heterocycles. The number of benzene rings is 1. The van der Waals surface area contributed by atoms with E-state index in [1.807, 2.05) is 24.3 Å². The Labute approximate surface area is 73.0 Å². The van der Waals surface area contributed by atoms with Crippen LogP contribution in [0.2, 0.25) is 0 Å². The molecule has 0 unspecified atom stereocenters. The van der Waals surface area contributed by atoms with Crippen LogP contribution in [-0.2, 0) is 0 Å². The molecule has 0 saturated heterocycles. The minimum Gasteiger partial charge on any atom is -0.258 e. The first-order valence-corrected chi connectivity index (χ1v) is 3.86. The van der Waals surface area contributed by atoms with Crippen molar-refractivity contribution in [3.8, 4) is 11.3 Å². The monoisotopic (exact) mass is 172 g/mol. The van der Waals surface area contributed by atoms with E-state index in [2.05, 4.69) is 4.98 Å². The number of nitrogens with zero attached hydrogens (tertiary/aromatic N) is 2. The quantitative estimate of drug-likeness (QED) is 0.417. The molecule has 4 nitrogen and oxygen atoms in total. The highest BCUT2D eigenvalue weighted by atomic mass is 16.6. The number of hydrogen-bond donors (Lipinski definition) is 0. The molecule has 4 heteroatoms. The molecule has 0 aromatic heterocycles. The van der Waals surface area contributed by atoms with Crippen molar-refractivity contribution in [2.24, 2.45) is 0 Å². The molecule has 13 heavy (non-hydrogen) atoms. The van der Waals surface area contributed by atoms with Gasteiger partial charge in [0, 0.05) is 5.39 Å². The molecule has 0 radical (unpaired) electrons. The van der Waals surface area contributed by atoms with Crippen molar-refractivity contribution in [3.05, 3.63) is 34.4 Å². The Bertz CT molecular complexity index is 549. The predicted molar refractivity (Wildman–Crippen MR) is 47.4 cm³/mol. The summed E-state index contributed by atoms with van der Waals surface area (Å²) in [5, 5.41) is 11.3. The number of para-hydroxylation sites is 1. The Morgan fingerprint density at radius 1 is 1.31 bits per heavy atom. The van der Waals surface area contributed by atoms with Gasteiger partial charge in [-0.15, -0.1) is 0 Å². The lowest BCUT2D eigenvalue weighted by Gasteiger charge is -1.84. The molecular weight excluding hydrogens is 168 g/mol. The molecule has 0 saturated carbocycles. The SMILES string of the molecule is O=[N+]([O-])c1c2nc3ccccc3c1-2. The maximum absolute atomic E-state index is 10.5. The summed E-state index contributed by atoms with van der Waals surface area (Å²) in [5.41, 5.74) is 2.32. The summed E-state index contributed by atoms with van der Waals surface area (Å²) in [4.78, 5) is 14.2. The van der Waals surface area contributed by atoms with Crippen LogP contribution in [-0.4, -0.2) is 9.91 Å².